The van der Waals surface area contributed by atoms with Crippen LogP contribution in [-0.2, 0) is 26.0 Å². The predicted octanol–water partition coefficient (Wildman–Crippen LogP) is 2.42. The van der Waals surface area contributed by atoms with Crippen LogP contribution in [0.25, 0.3) is 0 Å². The molecule has 2 amide bonds. The molecular weight excluding hydrogens is 430 g/mol. The van der Waals surface area contributed by atoms with Crippen molar-refractivity contribution in [2.75, 3.05) is 25.0 Å². The molecule has 1 aliphatic heterocycles. The number of hydrogen-bond donors (Lipinski definition) is 2. The average Bonchev–Trinajstić information content (AvgIpc) is 2.77. The summed E-state index contributed by atoms with van der Waals surface area (Å²) in [5, 5.41) is 5.34. The standard InChI is InChI=1S/C23H29N3O5S/c1-4-18-8-5-6-11-21(18)25-22(27)13-24-23(28)19-9-7-10-20(12-19)32(29,30)26-14-16(2)31-17(3)15-26/h5-12,16-17H,4,13-15H2,1-3H3,(H,24,28)(H,25,27)/t16-,17+. The first-order valence-corrected chi connectivity index (χ1v) is 12.1. The van der Waals surface area contributed by atoms with Crippen molar-refractivity contribution in [3.8, 4) is 0 Å². The van der Waals surface area contributed by atoms with Gasteiger partial charge in [0.2, 0.25) is 15.9 Å². The van der Waals surface area contributed by atoms with E-state index in [0.29, 0.717) is 5.69 Å². The summed E-state index contributed by atoms with van der Waals surface area (Å²) in [6, 6.07) is 13.3. The number of para-hydroxylation sites is 1. The largest absolute Gasteiger partial charge is 0.373 e. The number of carbonyl (C=O) groups is 2. The predicted molar refractivity (Wildman–Crippen MR) is 122 cm³/mol. The Balaban J connectivity index is 1.65. The van der Waals surface area contributed by atoms with Crippen LogP contribution in [0.2, 0.25) is 0 Å². The summed E-state index contributed by atoms with van der Waals surface area (Å²) in [6.07, 6.45) is 0.345. The van der Waals surface area contributed by atoms with Gasteiger partial charge in [0.15, 0.2) is 0 Å². The lowest BCUT2D eigenvalue weighted by molar-refractivity contribution is -0.115. The third-order valence-electron chi connectivity index (χ3n) is 5.20. The number of sulfonamides is 1. The number of nitrogens with one attached hydrogen (secondary N) is 2. The molecule has 1 saturated heterocycles. The number of amides is 2. The fourth-order valence-electron chi connectivity index (χ4n) is 3.68. The van der Waals surface area contributed by atoms with Crippen LogP contribution in [0.1, 0.15) is 36.7 Å². The molecule has 2 N–H and O–H groups in total. The molecule has 0 aromatic heterocycles. The number of aryl methyl sites for hydroxylation is 1. The fraction of sp³-hybridized carbons (Fsp3) is 0.391. The Labute approximate surface area is 189 Å². The first kappa shape index (κ1) is 23.9. The molecule has 0 spiro atoms. The molecule has 9 heteroatoms. The SMILES string of the molecule is CCc1ccccc1NC(=O)CNC(=O)c1cccc(S(=O)(=O)N2C[C@@H](C)O[C@@H](C)C2)c1. The van der Waals surface area contributed by atoms with Gasteiger partial charge in [0.25, 0.3) is 5.91 Å². The van der Waals surface area contributed by atoms with Crippen LogP contribution in [0.4, 0.5) is 5.69 Å². The summed E-state index contributed by atoms with van der Waals surface area (Å²) in [5.74, 6) is -0.885. The van der Waals surface area contributed by atoms with Crippen molar-refractivity contribution in [2.45, 2.75) is 44.3 Å². The van der Waals surface area contributed by atoms with Gasteiger partial charge in [-0.25, -0.2) is 8.42 Å². The molecule has 1 fully saturated rings. The molecule has 0 aliphatic carbocycles. The number of carbonyl (C=O) groups excluding carboxylic acids is 2. The topological polar surface area (TPSA) is 105 Å². The molecule has 32 heavy (non-hydrogen) atoms. The van der Waals surface area contributed by atoms with Gasteiger partial charge in [-0.3, -0.25) is 9.59 Å². The Morgan fingerprint density at radius 2 is 1.75 bits per heavy atom. The molecule has 2 atom stereocenters. The molecule has 1 aliphatic rings. The lowest BCUT2D eigenvalue weighted by Crippen LogP contribution is -2.48. The zero-order chi connectivity index (χ0) is 23.3. The minimum Gasteiger partial charge on any atom is -0.373 e. The van der Waals surface area contributed by atoms with Crippen molar-refractivity contribution in [1.82, 2.24) is 9.62 Å². The monoisotopic (exact) mass is 459 g/mol. The van der Waals surface area contributed by atoms with Crippen molar-refractivity contribution < 1.29 is 22.7 Å². The maximum absolute atomic E-state index is 13.1. The summed E-state index contributed by atoms with van der Waals surface area (Å²) in [7, 11) is -3.77. The summed E-state index contributed by atoms with van der Waals surface area (Å²) < 4.78 is 33.1. The molecular formula is C23H29N3O5S. The van der Waals surface area contributed by atoms with Crippen LogP contribution in [0.5, 0.6) is 0 Å². The van der Waals surface area contributed by atoms with Crippen molar-refractivity contribution >= 4 is 27.5 Å². The van der Waals surface area contributed by atoms with Crippen LogP contribution >= 0.6 is 0 Å². The maximum atomic E-state index is 13.1. The molecule has 0 saturated carbocycles. The van der Waals surface area contributed by atoms with Gasteiger partial charge in [0, 0.05) is 24.3 Å². The molecule has 0 bridgehead atoms. The number of morpholine rings is 1. The number of ether oxygens (including phenoxy) is 1. The smallest absolute Gasteiger partial charge is 0.251 e. The van der Waals surface area contributed by atoms with Gasteiger partial charge in [0.05, 0.1) is 23.6 Å². The minimum atomic E-state index is -3.77. The molecule has 0 radical (unpaired) electrons. The summed E-state index contributed by atoms with van der Waals surface area (Å²) in [6.45, 7) is 5.92. The third-order valence-corrected chi connectivity index (χ3v) is 7.03. The Bertz CT molecular complexity index is 1080. The summed E-state index contributed by atoms with van der Waals surface area (Å²) in [4.78, 5) is 24.9. The van der Waals surface area contributed by atoms with E-state index in [0.717, 1.165) is 12.0 Å². The van der Waals surface area contributed by atoms with Crippen LogP contribution < -0.4 is 10.6 Å². The molecule has 2 aromatic rings. The summed E-state index contributed by atoms with van der Waals surface area (Å²) in [5.41, 5.74) is 1.87. The quantitative estimate of drug-likeness (QED) is 0.662. The second kappa shape index (κ2) is 10.2. The lowest BCUT2D eigenvalue weighted by atomic mass is 10.1. The van der Waals surface area contributed by atoms with Gasteiger partial charge >= 0.3 is 0 Å². The average molecular weight is 460 g/mol. The maximum Gasteiger partial charge on any atom is 0.251 e. The van der Waals surface area contributed by atoms with Crippen molar-refractivity contribution in [2.24, 2.45) is 0 Å². The van der Waals surface area contributed by atoms with E-state index in [2.05, 4.69) is 10.6 Å². The highest BCUT2D eigenvalue weighted by molar-refractivity contribution is 7.89. The molecule has 2 aromatic carbocycles. The Hall–Kier alpha value is -2.75. The zero-order valence-electron chi connectivity index (χ0n) is 18.5. The number of hydrogen-bond acceptors (Lipinski definition) is 5. The van der Waals surface area contributed by atoms with Crippen molar-refractivity contribution in [3.63, 3.8) is 0 Å². The minimum absolute atomic E-state index is 0.0350. The van der Waals surface area contributed by atoms with Crippen molar-refractivity contribution in [3.05, 3.63) is 59.7 Å². The molecule has 172 valence electrons. The molecule has 1 heterocycles. The van der Waals surface area contributed by atoms with E-state index < -0.39 is 15.9 Å². The van der Waals surface area contributed by atoms with Gasteiger partial charge < -0.3 is 15.4 Å². The first-order chi connectivity index (χ1) is 15.2. The number of benzene rings is 2. The normalized spacial score (nSPS) is 19.3. The van der Waals surface area contributed by atoms with E-state index in [1.807, 2.05) is 39.0 Å². The summed E-state index contributed by atoms with van der Waals surface area (Å²) >= 11 is 0. The van der Waals surface area contributed by atoms with E-state index in [9.17, 15) is 18.0 Å². The van der Waals surface area contributed by atoms with E-state index in [1.54, 1.807) is 6.07 Å². The second-order valence-corrected chi connectivity index (χ2v) is 9.79. The van der Waals surface area contributed by atoms with E-state index >= 15 is 0 Å². The van der Waals surface area contributed by atoms with Gasteiger partial charge in [-0.2, -0.15) is 4.31 Å². The molecule has 8 nitrogen and oxygen atoms in total. The van der Waals surface area contributed by atoms with E-state index in [4.69, 9.17) is 4.74 Å². The Kier molecular flexibility index (Phi) is 7.65. The second-order valence-electron chi connectivity index (χ2n) is 7.85. The number of anilines is 1. The van der Waals surface area contributed by atoms with Crippen LogP contribution in [0.15, 0.2) is 53.4 Å². The third kappa shape index (κ3) is 5.73. The van der Waals surface area contributed by atoms with E-state index in [1.165, 1.54) is 28.6 Å². The molecule has 3 rings (SSSR count). The Morgan fingerprint density at radius 1 is 1.06 bits per heavy atom. The van der Waals surface area contributed by atoms with Crippen LogP contribution in [-0.4, -0.2) is 56.4 Å². The zero-order valence-corrected chi connectivity index (χ0v) is 19.3. The highest BCUT2D eigenvalue weighted by Gasteiger charge is 2.32. The Morgan fingerprint density at radius 3 is 2.44 bits per heavy atom. The first-order valence-electron chi connectivity index (χ1n) is 10.6. The number of nitrogens with zero attached hydrogens (tertiary/aromatic N) is 1. The lowest BCUT2D eigenvalue weighted by Gasteiger charge is -2.34. The van der Waals surface area contributed by atoms with Crippen LogP contribution in [0, 0.1) is 0 Å². The fourth-order valence-corrected chi connectivity index (χ4v) is 5.32. The van der Waals surface area contributed by atoms with Crippen molar-refractivity contribution in [1.29, 1.82) is 0 Å². The van der Waals surface area contributed by atoms with Gasteiger partial charge in [-0.1, -0.05) is 31.2 Å². The number of rotatable bonds is 7. The van der Waals surface area contributed by atoms with Gasteiger partial charge in [-0.05, 0) is 50.1 Å². The van der Waals surface area contributed by atoms with E-state index in [-0.39, 0.29) is 48.2 Å². The van der Waals surface area contributed by atoms with Crippen LogP contribution in [0.3, 0.4) is 0 Å². The highest BCUT2D eigenvalue weighted by atomic mass is 32.2. The highest BCUT2D eigenvalue weighted by Crippen LogP contribution is 2.22. The van der Waals surface area contributed by atoms with Gasteiger partial charge in [-0.15, -0.1) is 0 Å². The van der Waals surface area contributed by atoms with Gasteiger partial charge in [0.1, 0.15) is 0 Å². The molecule has 0 unspecified atom stereocenters.